The first-order valence-corrected chi connectivity index (χ1v) is 9.79. The minimum atomic E-state index is -0.935. The van der Waals surface area contributed by atoms with Gasteiger partial charge in [0.2, 0.25) is 0 Å². The van der Waals surface area contributed by atoms with Crippen molar-refractivity contribution in [2.45, 2.75) is 20.8 Å². The second-order valence-corrected chi connectivity index (χ2v) is 6.50. The van der Waals surface area contributed by atoms with Crippen LogP contribution in [0.5, 0.6) is 0 Å². The van der Waals surface area contributed by atoms with Crippen LogP contribution in [0.25, 0.3) is 0 Å². The fourth-order valence-electron chi connectivity index (χ4n) is 0.373. The minimum Gasteiger partial charge on any atom is -0.478 e. The molecule has 0 spiro atoms. The molecule has 0 aliphatic rings. The molecule has 0 aromatic heterocycles. The van der Waals surface area contributed by atoms with E-state index in [0.29, 0.717) is 6.61 Å². The number of hydrogen-bond donors (Lipinski definition) is 5. The zero-order valence-electron chi connectivity index (χ0n) is 14.9. The second-order valence-electron chi connectivity index (χ2n) is 3.98. The zero-order chi connectivity index (χ0) is 20.8. The van der Waals surface area contributed by atoms with Crippen molar-refractivity contribution in [2.75, 3.05) is 29.6 Å². The number of carboxylic acid groups (broad SMARTS) is 2. The normalized spacial score (nSPS) is 8.04. The Bertz CT molecular complexity index is 351. The van der Waals surface area contributed by atoms with Gasteiger partial charge in [-0.2, -0.15) is 37.0 Å². The monoisotopic (exact) mass is 431 g/mol. The van der Waals surface area contributed by atoms with Gasteiger partial charge in [0.15, 0.2) is 0 Å². The van der Waals surface area contributed by atoms with Gasteiger partial charge in [-0.15, -0.1) is 0 Å². The predicted molar refractivity (Wildman–Crippen MR) is 118 cm³/mol. The lowest BCUT2D eigenvalue weighted by molar-refractivity contribution is -0.133. The average Bonchev–Trinajstić information content (AvgIpc) is 2.49. The molecule has 0 radical (unpaired) electrons. The maximum atomic E-state index is 9.60. The van der Waals surface area contributed by atoms with Crippen molar-refractivity contribution in [3.63, 3.8) is 0 Å². The molecular formula is C15H29NO5S4. The third-order valence-electron chi connectivity index (χ3n) is 1.49. The topological polar surface area (TPSA) is 110 Å². The van der Waals surface area contributed by atoms with E-state index in [0.717, 1.165) is 23.0 Å². The largest absolute Gasteiger partial charge is 0.478 e. The zero-order valence-corrected chi connectivity index (χ0v) is 18.3. The first-order chi connectivity index (χ1) is 11.5. The fourth-order valence-corrected chi connectivity index (χ4v) is 1.73. The highest BCUT2D eigenvalue weighted by molar-refractivity contribution is 8.00. The van der Waals surface area contributed by atoms with E-state index in [1.165, 1.54) is 13.8 Å². The number of nitrogens with two attached hydrogens (primary N) is 1. The van der Waals surface area contributed by atoms with Gasteiger partial charge in [0.25, 0.3) is 5.17 Å². The highest BCUT2D eigenvalue weighted by Gasteiger charge is 1.90. The highest BCUT2D eigenvalue weighted by atomic mass is 32.2. The molecule has 25 heavy (non-hydrogen) atoms. The number of thiocarbonyl (C=S) groups is 1. The van der Waals surface area contributed by atoms with Gasteiger partial charge in [0.05, 0.1) is 6.61 Å². The molecule has 10 heteroatoms. The molecule has 0 fully saturated rings. The quantitative estimate of drug-likeness (QED) is 0.181. The standard InChI is InChI=1S/2C4H6O2.C4H10S3.C3H7NOS/c2*1-3(2)4(5)6;5-1-3-7-4-2-6;1-2-5-3(4)6/h2*1H2,2H3,(H,5,6);5-6H,1-4H2;2H2,1H3,(H2,4,6). The van der Waals surface area contributed by atoms with Crippen molar-refractivity contribution in [1.29, 1.82) is 0 Å². The number of rotatable bonds is 7. The molecule has 0 bridgehead atoms. The van der Waals surface area contributed by atoms with Crippen LogP contribution < -0.4 is 5.73 Å². The van der Waals surface area contributed by atoms with Gasteiger partial charge in [0.1, 0.15) is 0 Å². The maximum Gasteiger partial charge on any atom is 0.330 e. The average molecular weight is 432 g/mol. The summed E-state index contributed by atoms with van der Waals surface area (Å²) < 4.78 is 4.55. The number of carboxylic acids is 2. The molecule has 0 saturated carbocycles. The van der Waals surface area contributed by atoms with Crippen LogP contribution in [0, 0.1) is 0 Å². The summed E-state index contributed by atoms with van der Waals surface area (Å²) in [6, 6.07) is 0. The first-order valence-electron chi connectivity index (χ1n) is 6.97. The van der Waals surface area contributed by atoms with E-state index in [1.807, 2.05) is 18.7 Å². The van der Waals surface area contributed by atoms with Gasteiger partial charge in [0, 0.05) is 22.7 Å². The summed E-state index contributed by atoms with van der Waals surface area (Å²) in [6.07, 6.45) is 0. The Morgan fingerprint density at radius 3 is 1.44 bits per heavy atom. The molecule has 0 aliphatic carbocycles. The number of aliphatic carboxylic acids is 2. The number of hydrogen-bond acceptors (Lipinski definition) is 7. The third-order valence-corrected chi connectivity index (χ3v) is 3.64. The lowest BCUT2D eigenvalue weighted by Gasteiger charge is -1.93. The van der Waals surface area contributed by atoms with Crippen LogP contribution in [0.3, 0.4) is 0 Å². The Morgan fingerprint density at radius 1 is 1.08 bits per heavy atom. The lowest BCUT2D eigenvalue weighted by Crippen LogP contribution is -2.11. The van der Waals surface area contributed by atoms with Crippen LogP contribution in [0.15, 0.2) is 24.3 Å². The molecule has 0 atom stereocenters. The van der Waals surface area contributed by atoms with Gasteiger partial charge in [-0.05, 0) is 44.5 Å². The van der Waals surface area contributed by atoms with Gasteiger partial charge < -0.3 is 20.7 Å². The van der Waals surface area contributed by atoms with Crippen molar-refractivity contribution in [3.05, 3.63) is 24.3 Å². The minimum absolute atomic E-state index is 0.123. The highest BCUT2D eigenvalue weighted by Crippen LogP contribution is 1.99. The van der Waals surface area contributed by atoms with Crippen LogP contribution in [-0.4, -0.2) is 56.9 Å². The number of thiol groups is 2. The molecule has 6 nitrogen and oxygen atoms in total. The van der Waals surface area contributed by atoms with Crippen LogP contribution in [0.1, 0.15) is 20.8 Å². The summed E-state index contributed by atoms with van der Waals surface area (Å²) in [5.41, 5.74) is 5.26. The lowest BCUT2D eigenvalue weighted by atomic mass is 10.4. The Kier molecular flexibility index (Phi) is 32.4. The molecule has 4 N–H and O–H groups in total. The molecule has 0 amide bonds. The Morgan fingerprint density at radius 2 is 1.36 bits per heavy atom. The summed E-state index contributed by atoms with van der Waals surface area (Å²) >= 11 is 14.3. The summed E-state index contributed by atoms with van der Waals surface area (Å²) in [7, 11) is 0. The van der Waals surface area contributed by atoms with Crippen molar-refractivity contribution in [1.82, 2.24) is 0 Å². The van der Waals surface area contributed by atoms with E-state index in [-0.39, 0.29) is 16.3 Å². The number of ether oxygens (including phenoxy) is 1. The van der Waals surface area contributed by atoms with E-state index >= 15 is 0 Å². The van der Waals surface area contributed by atoms with Crippen molar-refractivity contribution in [2.24, 2.45) is 5.73 Å². The Labute approximate surface area is 171 Å². The summed E-state index contributed by atoms with van der Waals surface area (Å²) in [6.45, 7) is 11.6. The van der Waals surface area contributed by atoms with E-state index in [4.69, 9.17) is 15.9 Å². The predicted octanol–water partition coefficient (Wildman–Crippen LogP) is 3.14. The molecule has 148 valence electrons. The van der Waals surface area contributed by atoms with E-state index < -0.39 is 11.9 Å². The number of carbonyl (C=O) groups is 2. The molecule has 0 rings (SSSR count). The van der Waals surface area contributed by atoms with E-state index in [2.05, 4.69) is 55.4 Å². The third kappa shape index (κ3) is 51.7. The molecule has 0 saturated heterocycles. The summed E-state index contributed by atoms with van der Waals surface area (Å²) in [4.78, 5) is 19.2. The Hall–Kier alpha value is -0.840. The van der Waals surface area contributed by atoms with Gasteiger partial charge in [-0.25, -0.2) is 9.59 Å². The van der Waals surface area contributed by atoms with Crippen molar-refractivity contribution in [3.8, 4) is 0 Å². The Balaban J connectivity index is -0.000000118. The second kappa shape index (κ2) is 25.4. The molecule has 0 aromatic rings. The van der Waals surface area contributed by atoms with Crippen LogP contribution in [-0.2, 0) is 14.3 Å². The van der Waals surface area contributed by atoms with Crippen LogP contribution >= 0.6 is 49.2 Å². The SMILES string of the molecule is C=C(C)C(=O)O.C=C(C)C(=O)O.CCOC(N)=S.SCCSCCS. The summed E-state index contributed by atoms with van der Waals surface area (Å²) in [5, 5.41) is 15.9. The first kappa shape index (κ1) is 31.9. The molecular weight excluding hydrogens is 402 g/mol. The van der Waals surface area contributed by atoms with Gasteiger partial charge in [-0.1, -0.05) is 13.2 Å². The van der Waals surface area contributed by atoms with Gasteiger partial charge >= 0.3 is 11.9 Å². The fraction of sp³-hybridized carbons (Fsp3) is 0.533. The van der Waals surface area contributed by atoms with Crippen molar-refractivity contribution >= 4 is 66.4 Å². The molecule has 0 unspecified atom stereocenters. The number of thioether (sulfide) groups is 1. The molecule has 0 aliphatic heterocycles. The van der Waals surface area contributed by atoms with Crippen LogP contribution in [0.2, 0.25) is 0 Å². The summed E-state index contributed by atoms with van der Waals surface area (Å²) in [5.74, 6) is 2.41. The van der Waals surface area contributed by atoms with Crippen molar-refractivity contribution < 1.29 is 24.5 Å². The maximum absolute atomic E-state index is 9.60. The van der Waals surface area contributed by atoms with E-state index in [1.54, 1.807) is 0 Å². The van der Waals surface area contributed by atoms with Crippen LogP contribution in [0.4, 0.5) is 0 Å². The van der Waals surface area contributed by atoms with Gasteiger partial charge in [-0.3, -0.25) is 0 Å². The molecule has 0 heterocycles. The van der Waals surface area contributed by atoms with E-state index in [9.17, 15) is 9.59 Å². The molecule has 0 aromatic carbocycles. The smallest absolute Gasteiger partial charge is 0.330 e.